The van der Waals surface area contributed by atoms with Crippen molar-refractivity contribution < 1.29 is 4.74 Å². The van der Waals surface area contributed by atoms with E-state index in [0.29, 0.717) is 6.61 Å². The van der Waals surface area contributed by atoms with Crippen molar-refractivity contribution in [1.82, 2.24) is 0 Å². The van der Waals surface area contributed by atoms with Crippen molar-refractivity contribution in [1.29, 1.82) is 0 Å². The van der Waals surface area contributed by atoms with Gasteiger partial charge in [-0.15, -0.1) is 0 Å². The summed E-state index contributed by atoms with van der Waals surface area (Å²) in [4.78, 5) is 0. The maximum atomic E-state index is 6.17. The summed E-state index contributed by atoms with van der Waals surface area (Å²) in [6, 6.07) is 23.9. The first-order valence-corrected chi connectivity index (χ1v) is 9.25. The summed E-state index contributed by atoms with van der Waals surface area (Å²) in [6.07, 6.45) is 4.87. The molecule has 2 atom stereocenters. The predicted molar refractivity (Wildman–Crippen MR) is 104 cm³/mol. The van der Waals surface area contributed by atoms with E-state index in [4.69, 9.17) is 10.5 Å². The van der Waals surface area contributed by atoms with Crippen molar-refractivity contribution in [2.75, 3.05) is 0 Å². The van der Waals surface area contributed by atoms with Gasteiger partial charge in [0.15, 0.2) is 0 Å². The zero-order valence-electron chi connectivity index (χ0n) is 14.5. The average Bonchev–Trinajstić information content (AvgIpc) is 2.67. The van der Waals surface area contributed by atoms with Gasteiger partial charge in [0.2, 0.25) is 0 Å². The summed E-state index contributed by atoms with van der Waals surface area (Å²) in [6.45, 7) is 0.647. The summed E-state index contributed by atoms with van der Waals surface area (Å²) in [5.41, 5.74) is 9.90. The summed E-state index contributed by atoms with van der Waals surface area (Å²) < 4.78 is 6.07. The molecular formula is C23H25NO. The molecule has 25 heavy (non-hydrogen) atoms. The molecule has 0 spiro atoms. The molecule has 0 aromatic heterocycles. The largest absolute Gasteiger partial charge is 0.372 e. The van der Waals surface area contributed by atoms with Crippen LogP contribution in [0.1, 0.15) is 31.2 Å². The number of fused-ring (bicyclic) bond motifs is 1. The van der Waals surface area contributed by atoms with Crippen LogP contribution >= 0.6 is 0 Å². The highest BCUT2D eigenvalue weighted by molar-refractivity contribution is 5.96. The van der Waals surface area contributed by atoms with Gasteiger partial charge < -0.3 is 10.5 Å². The molecule has 2 heteroatoms. The number of ether oxygens (including phenoxy) is 1. The number of rotatable bonds is 4. The number of benzene rings is 3. The first-order valence-electron chi connectivity index (χ1n) is 9.25. The third-order valence-corrected chi connectivity index (χ3v) is 5.27. The molecule has 0 amide bonds. The molecule has 2 unspecified atom stereocenters. The lowest BCUT2D eigenvalue weighted by Gasteiger charge is -2.28. The third kappa shape index (κ3) is 3.60. The van der Waals surface area contributed by atoms with Gasteiger partial charge in [-0.05, 0) is 40.3 Å². The Morgan fingerprint density at radius 3 is 2.44 bits per heavy atom. The quantitative estimate of drug-likeness (QED) is 0.704. The van der Waals surface area contributed by atoms with E-state index in [2.05, 4.69) is 66.7 Å². The Morgan fingerprint density at radius 2 is 1.60 bits per heavy atom. The lowest BCUT2D eigenvalue weighted by Crippen LogP contribution is -2.39. The van der Waals surface area contributed by atoms with Crippen LogP contribution in [-0.4, -0.2) is 12.1 Å². The van der Waals surface area contributed by atoms with Crippen molar-refractivity contribution >= 4 is 10.8 Å². The number of nitrogens with two attached hydrogens (primary N) is 1. The Hall–Kier alpha value is -2.16. The zero-order valence-corrected chi connectivity index (χ0v) is 14.5. The molecule has 3 aromatic carbocycles. The second kappa shape index (κ2) is 7.38. The van der Waals surface area contributed by atoms with Crippen LogP contribution in [0, 0.1) is 0 Å². The van der Waals surface area contributed by atoms with Crippen LogP contribution in [0.25, 0.3) is 21.9 Å². The Labute approximate surface area is 149 Å². The molecule has 0 bridgehead atoms. The minimum atomic E-state index is 0.198. The second-order valence-electron chi connectivity index (χ2n) is 7.02. The molecule has 0 radical (unpaired) electrons. The number of hydrogen-bond acceptors (Lipinski definition) is 2. The molecule has 0 heterocycles. The van der Waals surface area contributed by atoms with E-state index in [9.17, 15) is 0 Å². The fraction of sp³-hybridized carbons (Fsp3) is 0.304. The Balaban J connectivity index is 1.50. The summed E-state index contributed by atoms with van der Waals surface area (Å²) in [5.74, 6) is 0. The topological polar surface area (TPSA) is 35.2 Å². The van der Waals surface area contributed by atoms with E-state index >= 15 is 0 Å². The fourth-order valence-corrected chi connectivity index (χ4v) is 3.79. The maximum absolute atomic E-state index is 6.17. The van der Waals surface area contributed by atoms with E-state index in [-0.39, 0.29) is 12.1 Å². The SMILES string of the molecule is NC1CCCCC1OCc1ccc(-c2cccc3ccccc23)cc1. The average molecular weight is 331 g/mol. The second-order valence-corrected chi connectivity index (χ2v) is 7.02. The number of hydrogen-bond donors (Lipinski definition) is 1. The summed E-state index contributed by atoms with van der Waals surface area (Å²) in [5, 5.41) is 2.57. The minimum Gasteiger partial charge on any atom is -0.372 e. The molecule has 2 N–H and O–H groups in total. The van der Waals surface area contributed by atoms with E-state index in [1.54, 1.807) is 0 Å². The van der Waals surface area contributed by atoms with Crippen molar-refractivity contribution in [3.8, 4) is 11.1 Å². The van der Waals surface area contributed by atoms with Crippen LogP contribution in [0.4, 0.5) is 0 Å². The van der Waals surface area contributed by atoms with E-state index in [1.165, 1.54) is 40.3 Å². The molecule has 1 aliphatic rings. The molecule has 1 fully saturated rings. The zero-order chi connectivity index (χ0) is 17.1. The lowest BCUT2D eigenvalue weighted by atomic mass is 9.93. The van der Waals surface area contributed by atoms with Crippen molar-refractivity contribution in [3.05, 3.63) is 72.3 Å². The molecule has 128 valence electrons. The third-order valence-electron chi connectivity index (χ3n) is 5.27. The Kier molecular flexibility index (Phi) is 4.82. The van der Waals surface area contributed by atoms with Gasteiger partial charge in [0.25, 0.3) is 0 Å². The molecule has 1 saturated carbocycles. The van der Waals surface area contributed by atoms with Crippen LogP contribution < -0.4 is 5.73 Å². The van der Waals surface area contributed by atoms with Gasteiger partial charge in [-0.2, -0.15) is 0 Å². The Morgan fingerprint density at radius 1 is 0.840 bits per heavy atom. The molecule has 0 aliphatic heterocycles. The van der Waals surface area contributed by atoms with Crippen LogP contribution in [0.2, 0.25) is 0 Å². The lowest BCUT2D eigenvalue weighted by molar-refractivity contribution is 0.00405. The van der Waals surface area contributed by atoms with Gasteiger partial charge in [0, 0.05) is 6.04 Å². The highest BCUT2D eigenvalue weighted by Crippen LogP contribution is 2.29. The molecule has 4 rings (SSSR count). The molecular weight excluding hydrogens is 306 g/mol. The highest BCUT2D eigenvalue weighted by Gasteiger charge is 2.22. The first kappa shape index (κ1) is 16.3. The highest BCUT2D eigenvalue weighted by atomic mass is 16.5. The van der Waals surface area contributed by atoms with Gasteiger partial charge in [-0.25, -0.2) is 0 Å². The van der Waals surface area contributed by atoms with Crippen LogP contribution in [0.3, 0.4) is 0 Å². The van der Waals surface area contributed by atoms with Crippen molar-refractivity contribution in [3.63, 3.8) is 0 Å². The molecule has 3 aromatic rings. The predicted octanol–water partition coefficient (Wildman–Crippen LogP) is 5.29. The molecule has 2 nitrogen and oxygen atoms in total. The smallest absolute Gasteiger partial charge is 0.0730 e. The first-order chi connectivity index (χ1) is 12.3. The summed E-state index contributed by atoms with van der Waals surface area (Å²) in [7, 11) is 0. The maximum Gasteiger partial charge on any atom is 0.0730 e. The van der Waals surface area contributed by atoms with Crippen LogP contribution in [0.15, 0.2) is 66.7 Å². The van der Waals surface area contributed by atoms with Gasteiger partial charge >= 0.3 is 0 Å². The molecule has 1 aliphatic carbocycles. The van der Waals surface area contributed by atoms with E-state index in [1.807, 2.05) is 0 Å². The van der Waals surface area contributed by atoms with Gasteiger partial charge in [0.1, 0.15) is 0 Å². The van der Waals surface area contributed by atoms with Crippen molar-refractivity contribution in [2.45, 2.75) is 44.4 Å². The monoisotopic (exact) mass is 331 g/mol. The van der Waals surface area contributed by atoms with E-state index < -0.39 is 0 Å². The molecule has 0 saturated heterocycles. The van der Waals surface area contributed by atoms with Gasteiger partial charge in [-0.1, -0.05) is 79.6 Å². The standard InChI is InChI=1S/C23H25NO/c24-22-10-3-4-11-23(22)25-16-17-12-14-19(15-13-17)21-9-5-7-18-6-1-2-8-20(18)21/h1-2,5-9,12-15,22-23H,3-4,10-11,16,24H2. The van der Waals surface area contributed by atoms with Crippen molar-refractivity contribution in [2.24, 2.45) is 5.73 Å². The fourth-order valence-electron chi connectivity index (χ4n) is 3.79. The Bertz CT molecular complexity index is 835. The van der Waals surface area contributed by atoms with Crippen LogP contribution in [0.5, 0.6) is 0 Å². The minimum absolute atomic E-state index is 0.198. The van der Waals surface area contributed by atoms with Gasteiger partial charge in [-0.3, -0.25) is 0 Å². The van der Waals surface area contributed by atoms with E-state index in [0.717, 1.165) is 12.8 Å². The normalized spacial score (nSPS) is 20.7. The van der Waals surface area contributed by atoms with Crippen LogP contribution in [-0.2, 0) is 11.3 Å². The van der Waals surface area contributed by atoms with Gasteiger partial charge in [0.05, 0.1) is 12.7 Å². The summed E-state index contributed by atoms with van der Waals surface area (Å²) >= 11 is 0.